The average molecular weight is 230 g/mol. The summed E-state index contributed by atoms with van der Waals surface area (Å²) in [5.41, 5.74) is 0. The Kier molecular flexibility index (Phi) is 6.08. The highest BCUT2D eigenvalue weighted by Gasteiger charge is 2.39. The molecule has 0 aliphatic carbocycles. The second kappa shape index (κ2) is 6.51. The number of rotatable bonds is 7. The van der Waals surface area contributed by atoms with Crippen LogP contribution in [0.15, 0.2) is 0 Å². The van der Waals surface area contributed by atoms with E-state index in [1.165, 1.54) is 0 Å². The number of carboxylic acid groups (broad SMARTS) is 2. The first-order valence-corrected chi connectivity index (χ1v) is 5.82. The zero-order valence-electron chi connectivity index (χ0n) is 10.4. The van der Waals surface area contributed by atoms with E-state index in [1.807, 2.05) is 13.8 Å². The summed E-state index contributed by atoms with van der Waals surface area (Å²) in [5, 5.41) is 18.4. The molecule has 0 spiro atoms. The van der Waals surface area contributed by atoms with Crippen LogP contribution in [0.4, 0.5) is 0 Å². The predicted octanol–water partition coefficient (Wildman–Crippen LogP) is 2.48. The molecule has 0 amide bonds. The van der Waals surface area contributed by atoms with Crippen LogP contribution in [0.1, 0.15) is 40.5 Å². The smallest absolute Gasteiger partial charge is 0.307 e. The Balaban J connectivity index is 5.10. The zero-order chi connectivity index (χ0) is 12.9. The van der Waals surface area contributed by atoms with Gasteiger partial charge in [0, 0.05) is 0 Å². The lowest BCUT2D eigenvalue weighted by molar-refractivity contribution is -0.158. The van der Waals surface area contributed by atoms with Crippen LogP contribution in [-0.4, -0.2) is 22.2 Å². The summed E-state index contributed by atoms with van der Waals surface area (Å²) in [6.45, 7) is 7.38. The maximum atomic E-state index is 11.2. The van der Waals surface area contributed by atoms with E-state index < -0.39 is 23.8 Å². The van der Waals surface area contributed by atoms with Crippen molar-refractivity contribution in [3.63, 3.8) is 0 Å². The number of hydrogen-bond acceptors (Lipinski definition) is 2. The van der Waals surface area contributed by atoms with Gasteiger partial charge >= 0.3 is 11.9 Å². The Morgan fingerprint density at radius 2 is 1.12 bits per heavy atom. The van der Waals surface area contributed by atoms with Crippen molar-refractivity contribution >= 4 is 11.9 Å². The van der Waals surface area contributed by atoms with Crippen molar-refractivity contribution < 1.29 is 19.8 Å². The monoisotopic (exact) mass is 230 g/mol. The molecule has 0 fully saturated rings. The van der Waals surface area contributed by atoms with Gasteiger partial charge in [0.05, 0.1) is 11.8 Å². The molecule has 4 atom stereocenters. The Hall–Kier alpha value is -1.06. The first-order valence-electron chi connectivity index (χ1n) is 5.82. The molecule has 4 heteroatoms. The molecule has 0 saturated heterocycles. The Labute approximate surface area is 96.7 Å². The van der Waals surface area contributed by atoms with Crippen LogP contribution >= 0.6 is 0 Å². The lowest BCUT2D eigenvalue weighted by Crippen LogP contribution is -2.38. The molecule has 16 heavy (non-hydrogen) atoms. The highest BCUT2D eigenvalue weighted by molar-refractivity contribution is 5.80. The van der Waals surface area contributed by atoms with E-state index in [0.717, 1.165) is 0 Å². The molecule has 0 radical (unpaired) electrons. The number of hydrogen-bond donors (Lipinski definition) is 2. The highest BCUT2D eigenvalue weighted by Crippen LogP contribution is 2.31. The van der Waals surface area contributed by atoms with Crippen molar-refractivity contribution in [1.29, 1.82) is 0 Å². The third-order valence-corrected chi connectivity index (χ3v) is 3.47. The van der Waals surface area contributed by atoms with Gasteiger partial charge in [-0.25, -0.2) is 0 Å². The SMILES string of the molecule is CCC(C)C(C(=O)O)C(C(=O)O)C(C)CC. The van der Waals surface area contributed by atoms with Crippen LogP contribution in [0.2, 0.25) is 0 Å². The van der Waals surface area contributed by atoms with Gasteiger partial charge in [-0.1, -0.05) is 40.5 Å². The van der Waals surface area contributed by atoms with E-state index in [-0.39, 0.29) is 11.8 Å². The molecular formula is C12H22O4. The van der Waals surface area contributed by atoms with E-state index in [0.29, 0.717) is 12.8 Å². The predicted molar refractivity (Wildman–Crippen MR) is 61.2 cm³/mol. The molecule has 0 heterocycles. The van der Waals surface area contributed by atoms with Gasteiger partial charge in [0.2, 0.25) is 0 Å². The summed E-state index contributed by atoms with van der Waals surface area (Å²) < 4.78 is 0. The van der Waals surface area contributed by atoms with Crippen LogP contribution in [0.5, 0.6) is 0 Å². The minimum atomic E-state index is -0.998. The topological polar surface area (TPSA) is 74.6 Å². The molecule has 4 nitrogen and oxygen atoms in total. The molecule has 0 saturated carbocycles. The lowest BCUT2D eigenvalue weighted by Gasteiger charge is -2.29. The molecule has 0 bridgehead atoms. The third kappa shape index (κ3) is 3.51. The number of carboxylic acids is 2. The fourth-order valence-electron chi connectivity index (χ4n) is 2.01. The van der Waals surface area contributed by atoms with Gasteiger partial charge in [0.15, 0.2) is 0 Å². The van der Waals surface area contributed by atoms with E-state index in [9.17, 15) is 19.8 Å². The molecule has 0 aromatic carbocycles. The molecule has 4 unspecified atom stereocenters. The minimum Gasteiger partial charge on any atom is -0.481 e. The van der Waals surface area contributed by atoms with Crippen LogP contribution in [0.3, 0.4) is 0 Å². The molecule has 0 aliphatic rings. The second-order valence-electron chi connectivity index (χ2n) is 4.50. The van der Waals surface area contributed by atoms with Crippen molar-refractivity contribution in [3.05, 3.63) is 0 Å². The van der Waals surface area contributed by atoms with E-state index in [4.69, 9.17) is 0 Å². The van der Waals surface area contributed by atoms with Crippen LogP contribution < -0.4 is 0 Å². The summed E-state index contributed by atoms with van der Waals surface area (Å²) in [6.07, 6.45) is 1.36. The first-order chi connectivity index (χ1) is 7.36. The summed E-state index contributed by atoms with van der Waals surface area (Å²) in [6, 6.07) is 0. The van der Waals surface area contributed by atoms with E-state index >= 15 is 0 Å². The molecular weight excluding hydrogens is 208 g/mol. The van der Waals surface area contributed by atoms with E-state index in [2.05, 4.69) is 0 Å². The van der Waals surface area contributed by atoms with Crippen molar-refractivity contribution in [2.75, 3.05) is 0 Å². The normalized spacial score (nSPS) is 18.5. The Bertz CT molecular complexity index is 223. The van der Waals surface area contributed by atoms with Crippen LogP contribution in [0, 0.1) is 23.7 Å². The van der Waals surface area contributed by atoms with Crippen LogP contribution in [0.25, 0.3) is 0 Å². The molecule has 0 aromatic heterocycles. The summed E-state index contributed by atoms with van der Waals surface area (Å²) in [5.74, 6) is -3.82. The number of aliphatic carboxylic acids is 2. The largest absolute Gasteiger partial charge is 0.481 e. The molecule has 0 rings (SSSR count). The maximum Gasteiger partial charge on any atom is 0.307 e. The van der Waals surface area contributed by atoms with Gasteiger partial charge in [-0.15, -0.1) is 0 Å². The van der Waals surface area contributed by atoms with Gasteiger partial charge in [0.25, 0.3) is 0 Å². The molecule has 2 N–H and O–H groups in total. The fourth-order valence-corrected chi connectivity index (χ4v) is 2.01. The highest BCUT2D eigenvalue weighted by atomic mass is 16.4. The lowest BCUT2D eigenvalue weighted by atomic mass is 9.74. The van der Waals surface area contributed by atoms with E-state index in [1.54, 1.807) is 13.8 Å². The first kappa shape index (κ1) is 14.9. The zero-order valence-corrected chi connectivity index (χ0v) is 10.4. The Morgan fingerprint density at radius 3 is 1.25 bits per heavy atom. The van der Waals surface area contributed by atoms with Gasteiger partial charge in [-0.3, -0.25) is 9.59 Å². The molecule has 0 aliphatic heterocycles. The standard InChI is InChI=1S/C12H22O4/c1-5-7(3)9(11(13)14)10(12(15)16)8(4)6-2/h7-10H,5-6H2,1-4H3,(H,13,14)(H,15,16). The third-order valence-electron chi connectivity index (χ3n) is 3.47. The van der Waals surface area contributed by atoms with Gasteiger partial charge < -0.3 is 10.2 Å². The van der Waals surface area contributed by atoms with Gasteiger partial charge in [0.1, 0.15) is 0 Å². The fraction of sp³-hybridized carbons (Fsp3) is 0.833. The van der Waals surface area contributed by atoms with Crippen molar-refractivity contribution in [2.24, 2.45) is 23.7 Å². The maximum absolute atomic E-state index is 11.2. The quantitative estimate of drug-likeness (QED) is 0.704. The summed E-state index contributed by atoms with van der Waals surface area (Å²) >= 11 is 0. The molecule has 0 aromatic rings. The average Bonchev–Trinajstić information content (AvgIpc) is 2.22. The van der Waals surface area contributed by atoms with Crippen molar-refractivity contribution in [3.8, 4) is 0 Å². The number of carbonyl (C=O) groups is 2. The Morgan fingerprint density at radius 1 is 0.875 bits per heavy atom. The van der Waals surface area contributed by atoms with Gasteiger partial charge in [-0.05, 0) is 11.8 Å². The van der Waals surface area contributed by atoms with Crippen molar-refractivity contribution in [1.82, 2.24) is 0 Å². The second-order valence-corrected chi connectivity index (χ2v) is 4.50. The summed E-state index contributed by atoms with van der Waals surface area (Å²) in [7, 11) is 0. The van der Waals surface area contributed by atoms with Crippen LogP contribution in [-0.2, 0) is 9.59 Å². The minimum absolute atomic E-state index is 0.118. The molecule has 94 valence electrons. The van der Waals surface area contributed by atoms with Gasteiger partial charge in [-0.2, -0.15) is 0 Å². The van der Waals surface area contributed by atoms with Crippen molar-refractivity contribution in [2.45, 2.75) is 40.5 Å². The summed E-state index contributed by atoms with van der Waals surface area (Å²) in [4.78, 5) is 22.4.